The summed E-state index contributed by atoms with van der Waals surface area (Å²) in [4.78, 5) is 22.4. The van der Waals surface area contributed by atoms with Crippen LogP contribution >= 0.6 is 0 Å². The Bertz CT molecular complexity index is 1260. The van der Waals surface area contributed by atoms with Gasteiger partial charge in [0, 0.05) is 42.7 Å². The number of hydrogen-bond donors (Lipinski definition) is 1. The van der Waals surface area contributed by atoms with Crippen LogP contribution in [0.5, 0.6) is 11.5 Å². The fourth-order valence-electron chi connectivity index (χ4n) is 3.98. The standard InChI is InChI=1S/C24H27F6N5O3/c1-5-35(22(36)33-20(24(28,29)30)6-7-23(25,26)27)14(2)17-11-16(19(38-4)12-32-17)15-10-18(37-3)21-31-8-9-34(21)13-15/h8-14,20H,5-7H2,1-4H3,(H,33,36)/t14-,20+/m1/s1. The van der Waals surface area contributed by atoms with Crippen LogP contribution in [0, 0.1) is 0 Å². The predicted octanol–water partition coefficient (Wildman–Crippen LogP) is 5.78. The average molecular weight is 548 g/mol. The van der Waals surface area contributed by atoms with Gasteiger partial charge >= 0.3 is 18.4 Å². The van der Waals surface area contributed by atoms with Crippen molar-refractivity contribution in [2.24, 2.45) is 0 Å². The van der Waals surface area contributed by atoms with Gasteiger partial charge in [0.25, 0.3) is 0 Å². The molecule has 208 valence electrons. The molecular formula is C24H27F6N5O3. The largest absolute Gasteiger partial charge is 0.494 e. The van der Waals surface area contributed by atoms with Gasteiger partial charge in [-0.3, -0.25) is 4.98 Å². The second kappa shape index (κ2) is 11.4. The smallest absolute Gasteiger partial charge is 0.408 e. The molecule has 3 aromatic rings. The van der Waals surface area contributed by atoms with Crippen LogP contribution in [0.25, 0.3) is 16.8 Å². The third kappa shape index (κ3) is 6.58. The lowest BCUT2D eigenvalue weighted by Crippen LogP contribution is -2.51. The van der Waals surface area contributed by atoms with E-state index in [0.717, 1.165) is 4.90 Å². The number of carbonyl (C=O) groups excluding carboxylic acids is 1. The number of ether oxygens (including phenoxy) is 2. The summed E-state index contributed by atoms with van der Waals surface area (Å²) in [5, 5.41) is 1.72. The van der Waals surface area contributed by atoms with E-state index < -0.39 is 43.3 Å². The van der Waals surface area contributed by atoms with Crippen LogP contribution < -0.4 is 14.8 Å². The van der Waals surface area contributed by atoms with Gasteiger partial charge in [0.15, 0.2) is 11.4 Å². The number of nitrogens with zero attached hydrogens (tertiary/aromatic N) is 4. The first-order valence-corrected chi connectivity index (χ1v) is 11.5. The molecule has 0 unspecified atom stereocenters. The maximum Gasteiger partial charge on any atom is 0.408 e. The van der Waals surface area contributed by atoms with Gasteiger partial charge in [-0.1, -0.05) is 0 Å². The second-order valence-electron chi connectivity index (χ2n) is 8.42. The molecular weight excluding hydrogens is 520 g/mol. The molecule has 0 spiro atoms. The first-order chi connectivity index (χ1) is 17.8. The number of rotatable bonds is 9. The minimum Gasteiger partial charge on any atom is -0.494 e. The van der Waals surface area contributed by atoms with E-state index in [9.17, 15) is 31.1 Å². The number of amides is 2. The van der Waals surface area contributed by atoms with Crippen LogP contribution in [0.4, 0.5) is 31.1 Å². The van der Waals surface area contributed by atoms with E-state index in [1.807, 2.05) is 0 Å². The lowest BCUT2D eigenvalue weighted by Gasteiger charge is -2.31. The summed E-state index contributed by atoms with van der Waals surface area (Å²) in [7, 11) is 2.94. The zero-order chi connectivity index (χ0) is 28.3. The van der Waals surface area contributed by atoms with Gasteiger partial charge in [-0.2, -0.15) is 26.3 Å². The van der Waals surface area contributed by atoms with Crippen LogP contribution in [0.2, 0.25) is 0 Å². The molecule has 0 aliphatic rings. The summed E-state index contributed by atoms with van der Waals surface area (Å²) >= 11 is 0. The molecule has 38 heavy (non-hydrogen) atoms. The number of hydrogen-bond acceptors (Lipinski definition) is 5. The third-order valence-corrected chi connectivity index (χ3v) is 6.00. The van der Waals surface area contributed by atoms with Crippen molar-refractivity contribution in [1.29, 1.82) is 0 Å². The summed E-state index contributed by atoms with van der Waals surface area (Å²) in [5.74, 6) is 0.867. The highest BCUT2D eigenvalue weighted by atomic mass is 19.4. The zero-order valence-corrected chi connectivity index (χ0v) is 21.0. The van der Waals surface area contributed by atoms with Crippen molar-refractivity contribution in [3.8, 4) is 22.6 Å². The van der Waals surface area contributed by atoms with Gasteiger partial charge in [0.05, 0.1) is 32.2 Å². The molecule has 3 rings (SSSR count). The van der Waals surface area contributed by atoms with Crippen LogP contribution in [0.3, 0.4) is 0 Å². The summed E-state index contributed by atoms with van der Waals surface area (Å²) in [6, 6.07) is -1.30. The Morgan fingerprint density at radius 1 is 1.11 bits per heavy atom. The molecule has 3 aromatic heterocycles. The fraction of sp³-hybridized carbons (Fsp3) is 0.458. The van der Waals surface area contributed by atoms with Crippen molar-refractivity contribution >= 4 is 11.7 Å². The van der Waals surface area contributed by atoms with Gasteiger partial charge in [0.2, 0.25) is 0 Å². The number of nitrogens with one attached hydrogen (secondary N) is 1. The highest BCUT2D eigenvalue weighted by Gasteiger charge is 2.43. The summed E-state index contributed by atoms with van der Waals surface area (Å²) in [6.07, 6.45) is -6.36. The Morgan fingerprint density at radius 3 is 2.37 bits per heavy atom. The SMILES string of the molecule is CCN(C(=O)N[C@@H](CCC(F)(F)F)C(F)(F)F)[C@H](C)c1cc(-c2cc(OC)c3nccn3c2)c(OC)cn1. The van der Waals surface area contributed by atoms with Gasteiger partial charge in [-0.15, -0.1) is 0 Å². The third-order valence-electron chi connectivity index (χ3n) is 6.00. The number of methoxy groups -OCH3 is 2. The first-order valence-electron chi connectivity index (χ1n) is 11.5. The van der Waals surface area contributed by atoms with E-state index in [1.165, 1.54) is 27.3 Å². The van der Waals surface area contributed by atoms with Crippen LogP contribution in [0.15, 0.2) is 36.9 Å². The Balaban J connectivity index is 1.92. The number of fused-ring (bicyclic) bond motifs is 1. The normalized spacial score (nSPS) is 13.7. The summed E-state index contributed by atoms with van der Waals surface area (Å²) in [5.41, 5.74) is 2.11. The minimum atomic E-state index is -5.06. The minimum absolute atomic E-state index is 0.0330. The van der Waals surface area contributed by atoms with E-state index in [-0.39, 0.29) is 6.54 Å². The van der Waals surface area contributed by atoms with Gasteiger partial charge in [-0.05, 0) is 32.4 Å². The predicted molar refractivity (Wildman–Crippen MR) is 126 cm³/mol. The van der Waals surface area contributed by atoms with Crippen molar-refractivity contribution in [3.05, 3.63) is 42.6 Å². The molecule has 2 atom stereocenters. The van der Waals surface area contributed by atoms with Crippen molar-refractivity contribution in [3.63, 3.8) is 0 Å². The number of carbonyl (C=O) groups is 1. The van der Waals surface area contributed by atoms with E-state index >= 15 is 0 Å². The van der Waals surface area contributed by atoms with Crippen molar-refractivity contribution in [2.45, 2.75) is 51.1 Å². The average Bonchev–Trinajstić information content (AvgIpc) is 3.33. The topological polar surface area (TPSA) is 81.0 Å². The molecule has 3 heterocycles. The quantitative estimate of drug-likeness (QED) is 0.344. The lowest BCUT2D eigenvalue weighted by atomic mass is 10.0. The first kappa shape index (κ1) is 28.9. The molecule has 0 saturated heterocycles. The molecule has 0 bridgehead atoms. The van der Waals surface area contributed by atoms with Crippen molar-refractivity contribution in [1.82, 2.24) is 24.6 Å². The Morgan fingerprint density at radius 2 is 1.79 bits per heavy atom. The summed E-state index contributed by atoms with van der Waals surface area (Å²) < 4.78 is 90.4. The Kier molecular flexibility index (Phi) is 8.62. The van der Waals surface area contributed by atoms with Crippen LogP contribution in [-0.2, 0) is 0 Å². The van der Waals surface area contributed by atoms with E-state index in [0.29, 0.717) is 34.0 Å². The van der Waals surface area contributed by atoms with Gasteiger partial charge in [0.1, 0.15) is 11.8 Å². The number of imidazole rings is 1. The summed E-state index contributed by atoms with van der Waals surface area (Å²) in [6.45, 7) is 3.06. The van der Waals surface area contributed by atoms with Gasteiger partial charge in [-0.25, -0.2) is 9.78 Å². The highest BCUT2D eigenvalue weighted by Crippen LogP contribution is 2.35. The lowest BCUT2D eigenvalue weighted by molar-refractivity contribution is -0.171. The van der Waals surface area contributed by atoms with Crippen molar-refractivity contribution in [2.75, 3.05) is 20.8 Å². The molecule has 8 nitrogen and oxygen atoms in total. The van der Waals surface area contributed by atoms with Gasteiger partial charge < -0.3 is 24.1 Å². The molecule has 0 aromatic carbocycles. The van der Waals surface area contributed by atoms with Crippen molar-refractivity contribution < 1.29 is 40.6 Å². The van der Waals surface area contributed by atoms with E-state index in [1.54, 1.807) is 47.4 Å². The zero-order valence-electron chi connectivity index (χ0n) is 21.0. The monoisotopic (exact) mass is 547 g/mol. The Labute approximate surface area is 214 Å². The van der Waals surface area contributed by atoms with Crippen LogP contribution in [0.1, 0.15) is 38.4 Å². The maximum absolute atomic E-state index is 13.4. The molecule has 0 saturated carbocycles. The molecule has 14 heteroatoms. The maximum atomic E-state index is 13.4. The number of pyridine rings is 2. The molecule has 1 N–H and O–H groups in total. The fourth-order valence-corrected chi connectivity index (χ4v) is 3.98. The number of aromatic nitrogens is 3. The highest BCUT2D eigenvalue weighted by molar-refractivity contribution is 5.76. The number of urea groups is 1. The number of halogens is 6. The number of alkyl halides is 6. The van der Waals surface area contributed by atoms with Crippen LogP contribution in [-0.4, -0.2) is 64.5 Å². The Hall–Kier alpha value is -3.71. The molecule has 2 amide bonds. The van der Waals surface area contributed by atoms with E-state index in [4.69, 9.17) is 9.47 Å². The van der Waals surface area contributed by atoms with E-state index in [2.05, 4.69) is 9.97 Å². The molecule has 0 radical (unpaired) electrons. The molecule has 0 fully saturated rings. The molecule has 0 aliphatic heterocycles. The second-order valence-corrected chi connectivity index (χ2v) is 8.42. The molecule has 0 aliphatic carbocycles.